The molecule has 0 amide bonds. The molecule has 7 heteroatoms. The molecule has 3 aromatic rings. The molecule has 2 heterocycles. The van der Waals surface area contributed by atoms with E-state index in [0.717, 1.165) is 27.7 Å². The Morgan fingerprint density at radius 3 is 2.82 bits per heavy atom. The normalized spacial score (nSPS) is 11.1. The summed E-state index contributed by atoms with van der Waals surface area (Å²) in [5.41, 5.74) is 2.86. The predicted molar refractivity (Wildman–Crippen MR) is 85.3 cm³/mol. The maximum Gasteiger partial charge on any atom is 0.145 e. The first-order valence-corrected chi connectivity index (χ1v) is 7.94. The van der Waals surface area contributed by atoms with Gasteiger partial charge in [-0.25, -0.2) is 4.98 Å². The van der Waals surface area contributed by atoms with Gasteiger partial charge in [0, 0.05) is 16.6 Å². The molecule has 0 saturated heterocycles. The van der Waals surface area contributed by atoms with Crippen molar-refractivity contribution >= 4 is 11.3 Å². The first-order valence-electron chi connectivity index (χ1n) is 7.06. The van der Waals surface area contributed by atoms with Crippen LogP contribution in [-0.4, -0.2) is 31.8 Å². The van der Waals surface area contributed by atoms with E-state index in [1.807, 2.05) is 30.5 Å². The largest absolute Gasteiger partial charge is 0.491 e. The molecule has 0 saturated carbocycles. The van der Waals surface area contributed by atoms with Gasteiger partial charge in [0.05, 0.1) is 6.61 Å². The van der Waals surface area contributed by atoms with Gasteiger partial charge in [-0.3, -0.25) is 0 Å². The van der Waals surface area contributed by atoms with Gasteiger partial charge in [-0.15, -0.1) is 16.4 Å². The van der Waals surface area contributed by atoms with E-state index in [1.54, 1.807) is 22.3 Å². The Morgan fingerprint density at radius 2 is 2.18 bits per heavy atom. The van der Waals surface area contributed by atoms with Crippen LogP contribution in [0.3, 0.4) is 0 Å². The molecule has 0 radical (unpaired) electrons. The van der Waals surface area contributed by atoms with Crippen LogP contribution in [-0.2, 0) is 0 Å². The molecule has 0 aliphatic carbocycles. The lowest BCUT2D eigenvalue weighted by atomic mass is 10.2. The zero-order valence-corrected chi connectivity index (χ0v) is 13.5. The molecule has 0 spiro atoms. The number of thiazole rings is 1. The Morgan fingerprint density at radius 1 is 1.32 bits per heavy atom. The number of tetrazole rings is 1. The number of aromatic nitrogens is 5. The summed E-state index contributed by atoms with van der Waals surface area (Å²) in [6, 6.07) is 5.97. The van der Waals surface area contributed by atoms with E-state index < -0.39 is 0 Å². The number of hydrogen-bond donors (Lipinski definition) is 0. The SMILES string of the molecule is Cc1csc(-c2ccc(OCC(C)C)c(-n3cnnn3)c2)n1. The molecule has 0 bridgehead atoms. The Balaban J connectivity index is 2.01. The summed E-state index contributed by atoms with van der Waals surface area (Å²) < 4.78 is 7.50. The number of ether oxygens (including phenoxy) is 1. The van der Waals surface area contributed by atoms with Gasteiger partial charge >= 0.3 is 0 Å². The number of aryl methyl sites for hydroxylation is 1. The Bertz CT molecular complexity index is 751. The van der Waals surface area contributed by atoms with Crippen LogP contribution in [0.15, 0.2) is 29.9 Å². The van der Waals surface area contributed by atoms with Crippen LogP contribution in [0.5, 0.6) is 5.75 Å². The molecule has 114 valence electrons. The third-order valence-electron chi connectivity index (χ3n) is 2.99. The minimum Gasteiger partial charge on any atom is -0.491 e. The fourth-order valence-electron chi connectivity index (χ4n) is 1.97. The number of nitrogens with zero attached hydrogens (tertiary/aromatic N) is 5. The van der Waals surface area contributed by atoms with Gasteiger partial charge < -0.3 is 4.74 Å². The molecule has 0 atom stereocenters. The molecule has 0 unspecified atom stereocenters. The molecule has 0 fully saturated rings. The van der Waals surface area contributed by atoms with Crippen LogP contribution in [0.2, 0.25) is 0 Å². The second-order valence-electron chi connectivity index (χ2n) is 5.44. The zero-order valence-electron chi connectivity index (χ0n) is 12.7. The molecule has 0 aliphatic heterocycles. The van der Waals surface area contributed by atoms with Crippen molar-refractivity contribution in [3.05, 3.63) is 35.6 Å². The van der Waals surface area contributed by atoms with Crippen molar-refractivity contribution in [1.29, 1.82) is 0 Å². The van der Waals surface area contributed by atoms with Crippen molar-refractivity contribution in [1.82, 2.24) is 25.2 Å². The van der Waals surface area contributed by atoms with E-state index in [2.05, 4.69) is 34.4 Å². The molecule has 3 rings (SSSR count). The predicted octanol–water partition coefficient (Wildman–Crippen LogP) is 3.13. The van der Waals surface area contributed by atoms with Gasteiger partial charge in [0.15, 0.2) is 0 Å². The van der Waals surface area contributed by atoms with E-state index in [1.165, 1.54) is 0 Å². The van der Waals surface area contributed by atoms with E-state index in [4.69, 9.17) is 4.74 Å². The first kappa shape index (κ1) is 14.6. The summed E-state index contributed by atoms with van der Waals surface area (Å²) in [7, 11) is 0. The molecule has 6 nitrogen and oxygen atoms in total. The number of hydrogen-bond acceptors (Lipinski definition) is 6. The van der Waals surface area contributed by atoms with E-state index in [9.17, 15) is 0 Å². The maximum atomic E-state index is 5.89. The van der Waals surface area contributed by atoms with Crippen molar-refractivity contribution in [3.63, 3.8) is 0 Å². The van der Waals surface area contributed by atoms with Crippen LogP contribution < -0.4 is 4.74 Å². The van der Waals surface area contributed by atoms with Crippen LogP contribution in [0.25, 0.3) is 16.3 Å². The summed E-state index contributed by atoms with van der Waals surface area (Å²) in [5, 5.41) is 14.4. The maximum absolute atomic E-state index is 5.89. The highest BCUT2D eigenvalue weighted by atomic mass is 32.1. The second kappa shape index (κ2) is 6.23. The van der Waals surface area contributed by atoms with Gasteiger partial charge in [-0.05, 0) is 41.5 Å². The summed E-state index contributed by atoms with van der Waals surface area (Å²) >= 11 is 1.62. The molecule has 22 heavy (non-hydrogen) atoms. The smallest absolute Gasteiger partial charge is 0.145 e. The average Bonchev–Trinajstić information content (AvgIpc) is 3.16. The minimum atomic E-state index is 0.447. The standard InChI is InChI=1S/C15H17N5OS/c1-10(2)7-21-14-5-4-12(15-17-11(3)8-22-15)6-13(14)20-9-16-18-19-20/h4-6,8-10H,7H2,1-3H3. The molecule has 2 aromatic heterocycles. The monoisotopic (exact) mass is 315 g/mol. The second-order valence-corrected chi connectivity index (χ2v) is 6.29. The van der Waals surface area contributed by atoms with E-state index in [-0.39, 0.29) is 0 Å². The van der Waals surface area contributed by atoms with Gasteiger partial charge in [0.25, 0.3) is 0 Å². The lowest BCUT2D eigenvalue weighted by molar-refractivity contribution is 0.270. The third kappa shape index (κ3) is 3.14. The summed E-state index contributed by atoms with van der Waals surface area (Å²) in [4.78, 5) is 4.52. The lowest BCUT2D eigenvalue weighted by Gasteiger charge is -2.13. The van der Waals surface area contributed by atoms with Crippen molar-refractivity contribution < 1.29 is 4.74 Å². The van der Waals surface area contributed by atoms with E-state index in [0.29, 0.717) is 12.5 Å². The van der Waals surface area contributed by atoms with Gasteiger partial charge in [0.2, 0.25) is 0 Å². The fourth-order valence-corrected chi connectivity index (χ4v) is 2.76. The van der Waals surface area contributed by atoms with Crippen molar-refractivity contribution in [2.45, 2.75) is 20.8 Å². The van der Waals surface area contributed by atoms with E-state index >= 15 is 0 Å². The highest BCUT2D eigenvalue weighted by Crippen LogP contribution is 2.31. The van der Waals surface area contributed by atoms with Gasteiger partial charge in [0.1, 0.15) is 22.8 Å². The summed E-state index contributed by atoms with van der Waals surface area (Å²) in [5.74, 6) is 1.21. The quantitative estimate of drug-likeness (QED) is 0.723. The molecular weight excluding hydrogens is 298 g/mol. The topological polar surface area (TPSA) is 65.7 Å². The lowest BCUT2D eigenvalue weighted by Crippen LogP contribution is -2.07. The Hall–Kier alpha value is -2.28. The molecular formula is C15H17N5OS. The van der Waals surface area contributed by atoms with Crippen LogP contribution in [0, 0.1) is 12.8 Å². The molecule has 1 aromatic carbocycles. The Kier molecular flexibility index (Phi) is 4.15. The van der Waals surface area contributed by atoms with Crippen LogP contribution in [0.4, 0.5) is 0 Å². The summed E-state index contributed by atoms with van der Waals surface area (Å²) in [6.07, 6.45) is 1.56. The summed E-state index contributed by atoms with van der Waals surface area (Å²) in [6.45, 7) is 6.86. The molecule has 0 N–H and O–H groups in total. The highest BCUT2D eigenvalue weighted by molar-refractivity contribution is 7.13. The molecule has 0 aliphatic rings. The number of rotatable bonds is 5. The average molecular weight is 315 g/mol. The Labute approximate surface area is 132 Å². The van der Waals surface area contributed by atoms with Crippen molar-refractivity contribution in [3.8, 4) is 22.0 Å². The van der Waals surface area contributed by atoms with Crippen molar-refractivity contribution in [2.75, 3.05) is 6.61 Å². The van der Waals surface area contributed by atoms with Gasteiger partial charge in [-0.2, -0.15) is 4.68 Å². The first-order chi connectivity index (χ1) is 10.6. The fraction of sp³-hybridized carbons (Fsp3) is 0.333. The van der Waals surface area contributed by atoms with Gasteiger partial charge in [-0.1, -0.05) is 13.8 Å². The minimum absolute atomic E-state index is 0.447. The third-order valence-corrected chi connectivity index (χ3v) is 4.00. The van der Waals surface area contributed by atoms with Crippen molar-refractivity contribution in [2.24, 2.45) is 5.92 Å². The van der Waals surface area contributed by atoms with Crippen LogP contribution in [0.1, 0.15) is 19.5 Å². The zero-order chi connectivity index (χ0) is 15.5. The van der Waals surface area contributed by atoms with Crippen LogP contribution >= 0.6 is 11.3 Å². The number of benzene rings is 1. The highest BCUT2D eigenvalue weighted by Gasteiger charge is 2.12.